The molecule has 1 saturated carbocycles. The zero-order valence-corrected chi connectivity index (χ0v) is 12.4. The maximum atomic E-state index is 13.4. The molecular formula is C16H21FN2O3. The van der Waals surface area contributed by atoms with Gasteiger partial charge < -0.3 is 5.11 Å². The van der Waals surface area contributed by atoms with Crippen LogP contribution in [0.3, 0.4) is 0 Å². The van der Waals surface area contributed by atoms with Gasteiger partial charge in [0.1, 0.15) is 5.82 Å². The molecule has 0 bridgehead atoms. The molecule has 5 nitrogen and oxygen atoms in total. The summed E-state index contributed by atoms with van der Waals surface area (Å²) in [6.07, 6.45) is 6.69. The third-order valence-corrected chi connectivity index (χ3v) is 4.69. The number of hydrogen-bond acceptors (Lipinski definition) is 4. The predicted octanol–water partition coefficient (Wildman–Crippen LogP) is 2.22. The Morgan fingerprint density at radius 1 is 1.32 bits per heavy atom. The van der Waals surface area contributed by atoms with Crippen molar-refractivity contribution in [1.29, 1.82) is 0 Å². The molecule has 1 aliphatic heterocycles. The van der Waals surface area contributed by atoms with E-state index in [4.69, 9.17) is 4.84 Å². The lowest BCUT2D eigenvalue weighted by molar-refractivity contribution is -0.183. The molecule has 1 aliphatic carbocycles. The van der Waals surface area contributed by atoms with E-state index in [0.717, 1.165) is 31.9 Å². The monoisotopic (exact) mass is 308 g/mol. The number of aromatic nitrogens is 1. The highest BCUT2D eigenvalue weighted by Gasteiger charge is 2.37. The molecule has 0 aromatic carbocycles. The molecule has 120 valence electrons. The molecule has 1 atom stereocenters. The number of halogens is 1. The van der Waals surface area contributed by atoms with Gasteiger partial charge in [0.25, 0.3) is 0 Å². The Morgan fingerprint density at radius 2 is 2.09 bits per heavy atom. The number of rotatable bonds is 3. The van der Waals surface area contributed by atoms with Crippen LogP contribution in [0.5, 0.6) is 0 Å². The van der Waals surface area contributed by atoms with E-state index in [0.29, 0.717) is 24.5 Å². The summed E-state index contributed by atoms with van der Waals surface area (Å²) in [7, 11) is 0. The third kappa shape index (κ3) is 3.13. The van der Waals surface area contributed by atoms with E-state index in [1.54, 1.807) is 6.20 Å². The van der Waals surface area contributed by atoms with E-state index in [-0.39, 0.29) is 24.5 Å². The van der Waals surface area contributed by atoms with Crippen molar-refractivity contribution in [2.45, 2.75) is 38.1 Å². The second-order valence-corrected chi connectivity index (χ2v) is 6.14. The van der Waals surface area contributed by atoms with Crippen LogP contribution in [0.25, 0.3) is 0 Å². The van der Waals surface area contributed by atoms with Crippen molar-refractivity contribution < 1.29 is 19.1 Å². The summed E-state index contributed by atoms with van der Waals surface area (Å²) in [5.41, 5.74) is 0.676. The van der Waals surface area contributed by atoms with E-state index in [9.17, 15) is 14.3 Å². The maximum absolute atomic E-state index is 13.4. The minimum Gasteiger partial charge on any atom is -0.396 e. The molecule has 1 amide bonds. The van der Waals surface area contributed by atoms with E-state index in [2.05, 4.69) is 4.98 Å². The van der Waals surface area contributed by atoms with Crippen LogP contribution in [0, 0.1) is 17.7 Å². The lowest BCUT2D eigenvalue weighted by atomic mass is 9.82. The highest BCUT2D eigenvalue weighted by Crippen LogP contribution is 2.35. The highest BCUT2D eigenvalue weighted by molar-refractivity contribution is 5.78. The molecule has 2 heterocycles. The van der Waals surface area contributed by atoms with Gasteiger partial charge in [-0.15, -0.1) is 0 Å². The Labute approximate surface area is 129 Å². The number of carbonyl (C=O) groups excluding carboxylic acids is 1. The number of hydrogen-bond donors (Lipinski definition) is 1. The quantitative estimate of drug-likeness (QED) is 0.930. The summed E-state index contributed by atoms with van der Waals surface area (Å²) in [5, 5.41) is 10.6. The average Bonchev–Trinajstić information content (AvgIpc) is 3.04. The normalized spacial score (nSPS) is 28.8. The summed E-state index contributed by atoms with van der Waals surface area (Å²) < 4.78 is 13.4. The summed E-state index contributed by atoms with van der Waals surface area (Å²) in [6.45, 7) is 0.650. The van der Waals surface area contributed by atoms with Crippen molar-refractivity contribution in [2.75, 3.05) is 13.2 Å². The van der Waals surface area contributed by atoms with Gasteiger partial charge in [-0.05, 0) is 43.2 Å². The fourth-order valence-electron chi connectivity index (χ4n) is 3.37. The van der Waals surface area contributed by atoms with E-state index < -0.39 is 5.82 Å². The molecule has 1 N–H and O–H groups in total. The Morgan fingerprint density at radius 3 is 2.77 bits per heavy atom. The van der Waals surface area contributed by atoms with Gasteiger partial charge in [-0.25, -0.2) is 9.45 Å². The smallest absolute Gasteiger partial charge is 0.249 e. The first kappa shape index (κ1) is 15.4. The standard InChI is InChI=1S/C16H21FN2O3/c17-14-7-13(8-18-9-14)15-5-6-22-19(15)16(21)12-3-1-11(10-20)2-4-12/h7-9,11-12,15,20H,1-6,10H2/t11-,12-,15-/m0/s1. The SMILES string of the molecule is O=C([C@H]1CC[C@H](CO)CC1)N1OCC[C@H]1c1cncc(F)c1. The van der Waals surface area contributed by atoms with Crippen molar-refractivity contribution in [1.82, 2.24) is 10.0 Å². The lowest BCUT2D eigenvalue weighted by Gasteiger charge is -2.31. The number of hydroxylamine groups is 2. The molecular weight excluding hydrogens is 287 g/mol. The zero-order chi connectivity index (χ0) is 15.5. The number of nitrogens with zero attached hydrogens (tertiary/aromatic N) is 2. The largest absolute Gasteiger partial charge is 0.396 e. The molecule has 2 fully saturated rings. The van der Waals surface area contributed by atoms with Crippen LogP contribution in [-0.2, 0) is 9.63 Å². The van der Waals surface area contributed by atoms with Crippen molar-refractivity contribution in [3.8, 4) is 0 Å². The van der Waals surface area contributed by atoms with Crippen molar-refractivity contribution in [3.05, 3.63) is 29.8 Å². The minimum absolute atomic E-state index is 0.0249. The van der Waals surface area contributed by atoms with Crippen LogP contribution in [0.2, 0.25) is 0 Å². The molecule has 1 saturated heterocycles. The summed E-state index contributed by atoms with van der Waals surface area (Å²) >= 11 is 0. The van der Waals surface area contributed by atoms with Gasteiger partial charge in [0.15, 0.2) is 0 Å². The Bertz CT molecular complexity index is 532. The van der Waals surface area contributed by atoms with E-state index >= 15 is 0 Å². The van der Waals surface area contributed by atoms with Gasteiger partial charge in [-0.1, -0.05) is 0 Å². The fourth-order valence-corrected chi connectivity index (χ4v) is 3.37. The fraction of sp³-hybridized carbons (Fsp3) is 0.625. The molecule has 0 unspecified atom stereocenters. The van der Waals surface area contributed by atoms with Gasteiger partial charge in [-0.3, -0.25) is 14.6 Å². The number of aliphatic hydroxyl groups excluding tert-OH is 1. The van der Waals surface area contributed by atoms with E-state index in [1.807, 2.05) is 0 Å². The number of pyridine rings is 1. The van der Waals surface area contributed by atoms with Crippen molar-refractivity contribution in [3.63, 3.8) is 0 Å². The Hall–Kier alpha value is -1.53. The lowest BCUT2D eigenvalue weighted by Crippen LogP contribution is -2.37. The maximum Gasteiger partial charge on any atom is 0.249 e. The molecule has 3 rings (SSSR count). The summed E-state index contributed by atoms with van der Waals surface area (Å²) in [5.74, 6) is -0.180. The van der Waals surface area contributed by atoms with Gasteiger partial charge in [-0.2, -0.15) is 0 Å². The summed E-state index contributed by atoms with van der Waals surface area (Å²) in [6, 6.07) is 1.15. The average molecular weight is 308 g/mol. The Balaban J connectivity index is 1.69. The first-order valence-corrected chi connectivity index (χ1v) is 7.86. The number of carbonyl (C=O) groups is 1. The molecule has 0 radical (unpaired) electrons. The zero-order valence-electron chi connectivity index (χ0n) is 12.4. The molecule has 22 heavy (non-hydrogen) atoms. The second kappa shape index (κ2) is 6.71. The number of aliphatic hydroxyl groups is 1. The van der Waals surface area contributed by atoms with Gasteiger partial charge >= 0.3 is 0 Å². The van der Waals surface area contributed by atoms with Crippen LogP contribution in [-0.4, -0.2) is 34.3 Å². The number of amides is 1. The topological polar surface area (TPSA) is 62.7 Å². The van der Waals surface area contributed by atoms with Crippen molar-refractivity contribution in [2.24, 2.45) is 11.8 Å². The van der Waals surface area contributed by atoms with Gasteiger partial charge in [0.2, 0.25) is 5.91 Å². The molecule has 1 aromatic rings. The first-order chi connectivity index (χ1) is 10.7. The van der Waals surface area contributed by atoms with Crippen LogP contribution in [0.1, 0.15) is 43.7 Å². The predicted molar refractivity (Wildman–Crippen MR) is 76.9 cm³/mol. The molecule has 2 aliphatic rings. The molecule has 0 spiro atoms. The van der Waals surface area contributed by atoms with E-state index in [1.165, 1.54) is 11.1 Å². The minimum atomic E-state index is -0.403. The molecule has 1 aromatic heterocycles. The van der Waals surface area contributed by atoms with Crippen LogP contribution >= 0.6 is 0 Å². The van der Waals surface area contributed by atoms with Crippen LogP contribution in [0.15, 0.2) is 18.5 Å². The van der Waals surface area contributed by atoms with Crippen molar-refractivity contribution >= 4 is 5.91 Å². The van der Waals surface area contributed by atoms with Crippen LogP contribution in [0.4, 0.5) is 4.39 Å². The van der Waals surface area contributed by atoms with Gasteiger partial charge in [0, 0.05) is 25.1 Å². The highest BCUT2D eigenvalue weighted by atomic mass is 19.1. The Kier molecular flexibility index (Phi) is 4.69. The third-order valence-electron chi connectivity index (χ3n) is 4.69. The van der Waals surface area contributed by atoms with Crippen LogP contribution < -0.4 is 0 Å². The second-order valence-electron chi connectivity index (χ2n) is 6.14. The molecule has 6 heteroatoms. The first-order valence-electron chi connectivity index (χ1n) is 7.86. The summed E-state index contributed by atoms with van der Waals surface area (Å²) in [4.78, 5) is 22.1. The van der Waals surface area contributed by atoms with Gasteiger partial charge in [0.05, 0.1) is 18.8 Å².